The SMILES string of the molecule is COc1ccc(C2=C(N3CCc4ccccc4C3)C(=O)N(Cc3ccccc3OC)C2=O)cc1. The molecule has 0 fully saturated rings. The van der Waals surface area contributed by atoms with Crippen LogP contribution in [-0.2, 0) is 29.1 Å². The van der Waals surface area contributed by atoms with Crippen LogP contribution < -0.4 is 9.47 Å². The highest BCUT2D eigenvalue weighted by molar-refractivity contribution is 6.35. The van der Waals surface area contributed by atoms with E-state index in [9.17, 15) is 9.59 Å². The minimum atomic E-state index is -0.296. The number of para-hydroxylation sites is 1. The highest BCUT2D eigenvalue weighted by Crippen LogP contribution is 2.36. The van der Waals surface area contributed by atoms with Crippen molar-refractivity contribution in [3.8, 4) is 11.5 Å². The molecule has 0 saturated heterocycles. The Hall–Kier alpha value is -4.06. The third kappa shape index (κ3) is 3.81. The van der Waals surface area contributed by atoms with Crippen LogP contribution in [-0.4, -0.2) is 42.4 Å². The Bertz CT molecular complexity index is 1280. The first kappa shape index (κ1) is 21.8. The number of methoxy groups -OCH3 is 2. The van der Waals surface area contributed by atoms with E-state index in [1.165, 1.54) is 16.0 Å². The lowest BCUT2D eigenvalue weighted by molar-refractivity contribution is -0.138. The summed E-state index contributed by atoms with van der Waals surface area (Å²) in [7, 11) is 3.19. The number of carbonyl (C=O) groups excluding carboxylic acids is 2. The molecule has 2 aliphatic heterocycles. The summed E-state index contributed by atoms with van der Waals surface area (Å²) in [6.07, 6.45) is 0.823. The Balaban J connectivity index is 1.55. The second-order valence-corrected chi connectivity index (χ2v) is 8.40. The van der Waals surface area contributed by atoms with Gasteiger partial charge in [-0.25, -0.2) is 0 Å². The fourth-order valence-electron chi connectivity index (χ4n) is 4.71. The summed E-state index contributed by atoms with van der Waals surface area (Å²) in [5.41, 5.74) is 4.84. The van der Waals surface area contributed by atoms with Gasteiger partial charge in [0, 0.05) is 18.7 Å². The number of benzene rings is 3. The Kier molecular flexibility index (Phi) is 5.80. The maximum atomic E-state index is 13.8. The average molecular weight is 455 g/mol. The number of hydrogen-bond acceptors (Lipinski definition) is 5. The van der Waals surface area contributed by atoms with Gasteiger partial charge in [-0.3, -0.25) is 14.5 Å². The molecular formula is C28H26N2O4. The first-order valence-corrected chi connectivity index (χ1v) is 11.3. The fourth-order valence-corrected chi connectivity index (χ4v) is 4.71. The number of fused-ring (bicyclic) bond motifs is 1. The fraction of sp³-hybridized carbons (Fsp3) is 0.214. The molecule has 172 valence electrons. The molecule has 0 saturated carbocycles. The van der Waals surface area contributed by atoms with Crippen LogP contribution in [0.4, 0.5) is 0 Å². The van der Waals surface area contributed by atoms with Crippen molar-refractivity contribution in [2.45, 2.75) is 19.5 Å². The monoisotopic (exact) mass is 454 g/mol. The van der Waals surface area contributed by atoms with Gasteiger partial charge in [-0.2, -0.15) is 0 Å². The second kappa shape index (κ2) is 9.06. The number of rotatable bonds is 6. The van der Waals surface area contributed by atoms with Crippen LogP contribution in [0.1, 0.15) is 22.3 Å². The average Bonchev–Trinajstić information content (AvgIpc) is 3.13. The van der Waals surface area contributed by atoms with Gasteiger partial charge in [0.1, 0.15) is 17.2 Å². The Labute approximate surface area is 199 Å². The van der Waals surface area contributed by atoms with Crippen molar-refractivity contribution in [3.05, 3.63) is 101 Å². The van der Waals surface area contributed by atoms with Crippen LogP contribution in [0.15, 0.2) is 78.5 Å². The summed E-state index contributed by atoms with van der Waals surface area (Å²) in [6.45, 7) is 1.41. The molecule has 3 aromatic rings. The molecule has 2 amide bonds. The Morgan fingerprint density at radius 1 is 0.794 bits per heavy atom. The minimum absolute atomic E-state index is 0.148. The van der Waals surface area contributed by atoms with Gasteiger partial charge in [-0.1, -0.05) is 54.6 Å². The molecule has 6 heteroatoms. The molecule has 2 heterocycles. The van der Waals surface area contributed by atoms with Crippen LogP contribution in [0.25, 0.3) is 5.57 Å². The van der Waals surface area contributed by atoms with Crippen LogP contribution in [0.2, 0.25) is 0 Å². The summed E-state index contributed by atoms with van der Waals surface area (Å²) >= 11 is 0. The molecule has 0 radical (unpaired) electrons. The van der Waals surface area contributed by atoms with Gasteiger partial charge < -0.3 is 14.4 Å². The van der Waals surface area contributed by atoms with Gasteiger partial charge >= 0.3 is 0 Å². The molecule has 3 aromatic carbocycles. The molecule has 0 atom stereocenters. The minimum Gasteiger partial charge on any atom is -0.497 e. The van der Waals surface area contributed by atoms with Crippen molar-refractivity contribution in [1.82, 2.24) is 9.80 Å². The van der Waals surface area contributed by atoms with E-state index in [2.05, 4.69) is 12.1 Å². The molecule has 6 nitrogen and oxygen atoms in total. The lowest BCUT2D eigenvalue weighted by atomic mass is 9.98. The van der Waals surface area contributed by atoms with E-state index in [4.69, 9.17) is 9.47 Å². The number of nitrogens with zero attached hydrogens (tertiary/aromatic N) is 2. The molecule has 0 unspecified atom stereocenters. The smallest absolute Gasteiger partial charge is 0.278 e. The summed E-state index contributed by atoms with van der Waals surface area (Å²) in [5.74, 6) is 0.769. The molecule has 0 N–H and O–H groups in total. The number of hydrogen-bond donors (Lipinski definition) is 0. The quantitative estimate of drug-likeness (QED) is 0.526. The van der Waals surface area contributed by atoms with Crippen molar-refractivity contribution in [2.75, 3.05) is 20.8 Å². The molecule has 34 heavy (non-hydrogen) atoms. The van der Waals surface area contributed by atoms with Gasteiger partial charge in [0.2, 0.25) is 0 Å². The summed E-state index contributed by atoms with van der Waals surface area (Å²) in [5, 5.41) is 0. The maximum Gasteiger partial charge on any atom is 0.278 e. The van der Waals surface area contributed by atoms with E-state index in [1.54, 1.807) is 14.2 Å². The maximum absolute atomic E-state index is 13.8. The Morgan fingerprint density at radius 2 is 1.50 bits per heavy atom. The lowest BCUT2D eigenvalue weighted by Gasteiger charge is -2.31. The van der Waals surface area contributed by atoms with Gasteiger partial charge in [0.05, 0.1) is 26.3 Å². The molecular weight excluding hydrogens is 428 g/mol. The van der Waals surface area contributed by atoms with Gasteiger partial charge in [-0.15, -0.1) is 0 Å². The number of amides is 2. The number of carbonyl (C=O) groups is 2. The van der Waals surface area contributed by atoms with Crippen molar-refractivity contribution in [2.24, 2.45) is 0 Å². The highest BCUT2D eigenvalue weighted by Gasteiger charge is 2.42. The zero-order valence-electron chi connectivity index (χ0n) is 19.3. The van der Waals surface area contributed by atoms with E-state index < -0.39 is 0 Å². The van der Waals surface area contributed by atoms with E-state index in [0.29, 0.717) is 41.4 Å². The van der Waals surface area contributed by atoms with Gasteiger partial charge in [-0.05, 0) is 41.3 Å². The predicted molar refractivity (Wildman–Crippen MR) is 129 cm³/mol. The molecule has 2 aliphatic rings. The predicted octanol–water partition coefficient (Wildman–Crippen LogP) is 4.04. The molecule has 0 spiro atoms. The van der Waals surface area contributed by atoms with Crippen molar-refractivity contribution >= 4 is 17.4 Å². The summed E-state index contributed by atoms with van der Waals surface area (Å²) < 4.78 is 10.7. The first-order valence-electron chi connectivity index (χ1n) is 11.3. The van der Waals surface area contributed by atoms with E-state index in [-0.39, 0.29) is 18.4 Å². The molecule has 0 aromatic heterocycles. The third-order valence-electron chi connectivity index (χ3n) is 6.49. The van der Waals surface area contributed by atoms with Crippen molar-refractivity contribution in [1.29, 1.82) is 0 Å². The van der Waals surface area contributed by atoms with Crippen molar-refractivity contribution < 1.29 is 19.1 Å². The van der Waals surface area contributed by atoms with Crippen LogP contribution in [0.5, 0.6) is 11.5 Å². The largest absolute Gasteiger partial charge is 0.497 e. The van der Waals surface area contributed by atoms with Crippen LogP contribution in [0.3, 0.4) is 0 Å². The van der Waals surface area contributed by atoms with Gasteiger partial charge in [0.25, 0.3) is 11.8 Å². The standard InChI is InChI=1S/C28H26N2O4/c1-33-23-13-11-20(12-14-23)25-26(29-16-15-19-7-3-4-8-21(19)17-29)28(32)30(27(25)31)18-22-9-5-6-10-24(22)34-2/h3-14H,15-18H2,1-2H3. The summed E-state index contributed by atoms with van der Waals surface area (Å²) in [6, 6.07) is 23.0. The molecule has 0 aliphatic carbocycles. The third-order valence-corrected chi connectivity index (χ3v) is 6.49. The highest BCUT2D eigenvalue weighted by atomic mass is 16.5. The second-order valence-electron chi connectivity index (χ2n) is 8.40. The lowest BCUT2D eigenvalue weighted by Crippen LogP contribution is -2.37. The molecule has 0 bridgehead atoms. The van der Waals surface area contributed by atoms with Crippen LogP contribution in [0, 0.1) is 0 Å². The van der Waals surface area contributed by atoms with Gasteiger partial charge in [0.15, 0.2) is 0 Å². The summed E-state index contributed by atoms with van der Waals surface area (Å²) in [4.78, 5) is 30.9. The topological polar surface area (TPSA) is 59.1 Å². The molecule has 5 rings (SSSR count). The first-order chi connectivity index (χ1) is 16.6. The van der Waals surface area contributed by atoms with Crippen LogP contribution >= 0.6 is 0 Å². The zero-order valence-corrected chi connectivity index (χ0v) is 19.3. The van der Waals surface area contributed by atoms with Crippen molar-refractivity contribution in [3.63, 3.8) is 0 Å². The normalized spacial score (nSPS) is 15.6. The van der Waals surface area contributed by atoms with E-state index in [1.807, 2.05) is 65.6 Å². The van der Waals surface area contributed by atoms with E-state index in [0.717, 1.165) is 12.0 Å². The number of ether oxygens (including phenoxy) is 2. The Morgan fingerprint density at radius 3 is 2.24 bits per heavy atom. The zero-order chi connectivity index (χ0) is 23.7. The van der Waals surface area contributed by atoms with E-state index >= 15 is 0 Å². The number of imide groups is 1.